The Bertz CT molecular complexity index is 758. The van der Waals surface area contributed by atoms with Gasteiger partial charge < -0.3 is 19.7 Å². The average Bonchev–Trinajstić information content (AvgIpc) is 3.03. The third-order valence-corrected chi connectivity index (χ3v) is 3.93. The van der Waals surface area contributed by atoms with Gasteiger partial charge in [-0.3, -0.25) is 4.57 Å². The van der Waals surface area contributed by atoms with E-state index in [0.29, 0.717) is 30.4 Å². The second-order valence-electron chi connectivity index (χ2n) is 6.22. The predicted molar refractivity (Wildman–Crippen MR) is 100.0 cm³/mol. The van der Waals surface area contributed by atoms with Crippen LogP contribution >= 0.6 is 0 Å². The van der Waals surface area contributed by atoms with E-state index in [9.17, 15) is 9.90 Å². The molecule has 150 valence electrons. The first-order valence-corrected chi connectivity index (χ1v) is 9.30. The number of aliphatic hydroxyl groups is 2. The first-order valence-electron chi connectivity index (χ1n) is 9.30. The smallest absolute Gasteiger partial charge is 0.343 e. The van der Waals surface area contributed by atoms with E-state index in [0.717, 1.165) is 25.7 Å². The molecule has 1 atom stereocenters. The molecule has 0 aromatic carbocycles. The second kappa shape index (κ2) is 10.7. The van der Waals surface area contributed by atoms with Gasteiger partial charge in [0, 0.05) is 6.07 Å². The lowest BCUT2D eigenvalue weighted by Crippen LogP contribution is -2.27. The van der Waals surface area contributed by atoms with Crippen LogP contribution in [0.5, 0.6) is 11.5 Å². The first-order chi connectivity index (χ1) is 13.1. The Morgan fingerprint density at radius 3 is 2.48 bits per heavy atom. The lowest BCUT2D eigenvalue weighted by atomic mass is 10.3. The van der Waals surface area contributed by atoms with E-state index >= 15 is 0 Å². The van der Waals surface area contributed by atoms with Gasteiger partial charge in [0.1, 0.15) is 5.69 Å². The third-order valence-electron chi connectivity index (χ3n) is 3.93. The number of ether oxygens (including phenoxy) is 2. The van der Waals surface area contributed by atoms with Crippen molar-refractivity contribution in [2.24, 2.45) is 0 Å². The van der Waals surface area contributed by atoms with Gasteiger partial charge in [0.25, 0.3) is 0 Å². The summed E-state index contributed by atoms with van der Waals surface area (Å²) in [5.41, 5.74) is -0.0798. The van der Waals surface area contributed by atoms with Crippen molar-refractivity contribution in [2.75, 3.05) is 19.8 Å². The van der Waals surface area contributed by atoms with E-state index in [2.05, 4.69) is 29.0 Å². The molecular weight excluding hydrogens is 352 g/mol. The predicted octanol–water partition coefficient (Wildman–Crippen LogP) is 1.34. The Labute approximate surface area is 158 Å². The summed E-state index contributed by atoms with van der Waals surface area (Å²) in [5, 5.41) is 25.0. The van der Waals surface area contributed by atoms with Crippen molar-refractivity contribution >= 4 is 0 Å². The van der Waals surface area contributed by atoms with Crippen LogP contribution in [0.3, 0.4) is 0 Å². The molecule has 0 unspecified atom stereocenters. The summed E-state index contributed by atoms with van der Waals surface area (Å²) >= 11 is 0. The zero-order valence-corrected chi connectivity index (χ0v) is 15.8. The highest BCUT2D eigenvalue weighted by Gasteiger charge is 2.17. The number of aromatic nitrogens is 4. The fraction of sp³-hybridized carbons (Fsp3) is 0.611. The quantitative estimate of drug-likeness (QED) is 0.475. The maximum Gasteiger partial charge on any atom is 0.343 e. The van der Waals surface area contributed by atoms with Crippen molar-refractivity contribution in [3.8, 4) is 23.0 Å². The van der Waals surface area contributed by atoms with E-state index in [4.69, 9.17) is 14.6 Å². The highest BCUT2D eigenvalue weighted by Crippen LogP contribution is 2.30. The van der Waals surface area contributed by atoms with E-state index in [1.165, 1.54) is 4.57 Å². The molecule has 0 amide bonds. The minimum atomic E-state index is -1.07. The Morgan fingerprint density at radius 1 is 1.19 bits per heavy atom. The maximum absolute atomic E-state index is 12.0. The lowest BCUT2D eigenvalue weighted by molar-refractivity contribution is 0.0807. The largest absolute Gasteiger partial charge is 0.490 e. The number of hydrogen-bond acceptors (Lipinski definition) is 7. The van der Waals surface area contributed by atoms with Gasteiger partial charge in [0.15, 0.2) is 17.3 Å². The SMILES string of the molecule is CCCCOc1cnc(-c2n[nH]c(=O)n2C[C@H](O)CO)cc1OCCCC. The lowest BCUT2D eigenvalue weighted by Gasteiger charge is -2.14. The molecule has 0 spiro atoms. The monoisotopic (exact) mass is 380 g/mol. The maximum atomic E-state index is 12.0. The van der Waals surface area contributed by atoms with Crippen LogP contribution in [-0.2, 0) is 6.54 Å². The third kappa shape index (κ3) is 5.80. The number of nitrogens with zero attached hydrogens (tertiary/aromatic N) is 3. The zero-order valence-electron chi connectivity index (χ0n) is 15.8. The Kier molecular flexibility index (Phi) is 8.28. The molecule has 0 saturated carbocycles. The molecule has 2 aromatic rings. The molecule has 0 saturated heterocycles. The van der Waals surface area contributed by atoms with Crippen LogP contribution in [0.2, 0.25) is 0 Å². The van der Waals surface area contributed by atoms with E-state index in [-0.39, 0.29) is 12.4 Å². The number of unbranched alkanes of at least 4 members (excludes halogenated alkanes) is 2. The molecule has 2 aromatic heterocycles. The highest BCUT2D eigenvalue weighted by atomic mass is 16.5. The molecule has 9 heteroatoms. The molecule has 0 aliphatic carbocycles. The highest BCUT2D eigenvalue weighted by molar-refractivity contribution is 5.55. The fourth-order valence-electron chi connectivity index (χ4n) is 2.37. The van der Waals surface area contributed by atoms with E-state index in [1.54, 1.807) is 12.3 Å². The van der Waals surface area contributed by atoms with Crippen molar-refractivity contribution in [1.29, 1.82) is 0 Å². The van der Waals surface area contributed by atoms with E-state index < -0.39 is 18.4 Å². The summed E-state index contributed by atoms with van der Waals surface area (Å²) in [4.78, 5) is 16.3. The van der Waals surface area contributed by atoms with Crippen LogP contribution in [0.4, 0.5) is 0 Å². The Balaban J connectivity index is 2.31. The average molecular weight is 380 g/mol. The summed E-state index contributed by atoms with van der Waals surface area (Å²) in [5.74, 6) is 1.34. The molecule has 0 bridgehead atoms. The summed E-state index contributed by atoms with van der Waals surface area (Å²) in [6, 6.07) is 1.67. The van der Waals surface area contributed by atoms with Crippen LogP contribution in [0.1, 0.15) is 39.5 Å². The number of aromatic amines is 1. The van der Waals surface area contributed by atoms with Crippen LogP contribution in [0.25, 0.3) is 11.5 Å². The molecule has 2 heterocycles. The molecule has 9 nitrogen and oxygen atoms in total. The van der Waals surface area contributed by atoms with Crippen molar-refractivity contribution in [3.05, 3.63) is 22.7 Å². The number of aliphatic hydroxyl groups excluding tert-OH is 2. The second-order valence-corrected chi connectivity index (χ2v) is 6.22. The van der Waals surface area contributed by atoms with Crippen molar-refractivity contribution in [2.45, 2.75) is 52.2 Å². The standard InChI is InChI=1S/C18H28N4O5/c1-3-5-7-26-15-9-14(19-10-16(15)27-8-6-4-2)17-20-21-18(25)22(17)11-13(24)12-23/h9-10,13,23-24H,3-8,11-12H2,1-2H3,(H,21,25)/t13-/m0/s1. The number of H-pyrrole nitrogens is 1. The molecule has 0 radical (unpaired) electrons. The number of hydrogen-bond donors (Lipinski definition) is 3. The van der Waals surface area contributed by atoms with Crippen molar-refractivity contribution in [1.82, 2.24) is 19.7 Å². The number of rotatable bonds is 12. The fourth-order valence-corrected chi connectivity index (χ4v) is 2.37. The Hall–Kier alpha value is -2.39. The molecule has 3 N–H and O–H groups in total. The van der Waals surface area contributed by atoms with Gasteiger partial charge in [0.05, 0.1) is 38.7 Å². The minimum Gasteiger partial charge on any atom is -0.490 e. The first kappa shape index (κ1) is 20.9. The number of pyridine rings is 1. The summed E-state index contributed by atoms with van der Waals surface area (Å²) in [6.07, 6.45) is 4.33. The van der Waals surface area contributed by atoms with E-state index in [1.807, 2.05) is 0 Å². The van der Waals surface area contributed by atoms with Crippen molar-refractivity contribution in [3.63, 3.8) is 0 Å². The van der Waals surface area contributed by atoms with Gasteiger partial charge in [-0.2, -0.15) is 5.10 Å². The molecule has 2 rings (SSSR count). The van der Waals surface area contributed by atoms with Gasteiger partial charge in [-0.05, 0) is 12.8 Å². The summed E-state index contributed by atoms with van der Waals surface area (Å²) in [6.45, 7) is 4.72. The normalized spacial score (nSPS) is 12.1. The molecule has 0 aliphatic heterocycles. The van der Waals surface area contributed by atoms with Gasteiger partial charge >= 0.3 is 5.69 Å². The van der Waals surface area contributed by atoms with Crippen molar-refractivity contribution < 1.29 is 19.7 Å². The minimum absolute atomic E-state index is 0.0936. The molecule has 0 fully saturated rings. The Morgan fingerprint density at radius 2 is 1.85 bits per heavy atom. The van der Waals surface area contributed by atoms with Gasteiger partial charge in [-0.1, -0.05) is 26.7 Å². The number of nitrogens with one attached hydrogen (secondary N) is 1. The summed E-state index contributed by atoms with van der Waals surface area (Å²) < 4.78 is 12.8. The van der Waals surface area contributed by atoms with Crippen LogP contribution in [0, 0.1) is 0 Å². The van der Waals surface area contributed by atoms with Gasteiger partial charge in [-0.15, -0.1) is 0 Å². The van der Waals surface area contributed by atoms with Gasteiger partial charge in [0.2, 0.25) is 0 Å². The molecule has 27 heavy (non-hydrogen) atoms. The van der Waals surface area contributed by atoms with Crippen LogP contribution in [-0.4, -0.2) is 55.9 Å². The van der Waals surface area contributed by atoms with Crippen LogP contribution < -0.4 is 15.2 Å². The zero-order chi connectivity index (χ0) is 19.6. The summed E-state index contributed by atoms with van der Waals surface area (Å²) in [7, 11) is 0. The molecular formula is C18H28N4O5. The van der Waals surface area contributed by atoms with Gasteiger partial charge in [-0.25, -0.2) is 14.9 Å². The topological polar surface area (TPSA) is 122 Å². The molecule has 0 aliphatic rings. The van der Waals surface area contributed by atoms with Crippen LogP contribution in [0.15, 0.2) is 17.1 Å².